The molecular weight excluding hydrogens is 318 g/mol. The molecule has 6 heteroatoms. The molecule has 0 aliphatic carbocycles. The average molecular weight is 347 g/mol. The number of aromatic nitrogens is 3. The molecule has 0 spiro atoms. The van der Waals surface area contributed by atoms with Crippen molar-refractivity contribution in [1.29, 1.82) is 0 Å². The Bertz CT molecular complexity index is 722. The van der Waals surface area contributed by atoms with Crippen LogP contribution < -0.4 is 4.74 Å². The van der Waals surface area contributed by atoms with Crippen LogP contribution in [0.3, 0.4) is 0 Å². The maximum absolute atomic E-state index is 12.4. The number of hydrogen-bond acceptors (Lipinski definition) is 5. The number of fused-ring (bicyclic) bond motifs is 1. The first-order valence-corrected chi connectivity index (χ1v) is 9.12. The average Bonchev–Trinajstić information content (AvgIpc) is 2.93. The molecule has 138 valence electrons. The van der Waals surface area contributed by atoms with Gasteiger partial charge in [-0.3, -0.25) is 4.40 Å². The first kappa shape index (κ1) is 19.2. The Labute approximate surface area is 149 Å². The summed E-state index contributed by atoms with van der Waals surface area (Å²) in [5.41, 5.74) is 1.32. The molecule has 1 unspecified atom stereocenters. The normalized spacial score (nSPS) is 12.8. The number of imidazole rings is 1. The van der Waals surface area contributed by atoms with Crippen LogP contribution >= 0.6 is 0 Å². The summed E-state index contributed by atoms with van der Waals surface area (Å²) >= 11 is 0. The first-order chi connectivity index (χ1) is 11.8. The van der Waals surface area contributed by atoms with Gasteiger partial charge in [0.1, 0.15) is 5.56 Å². The summed E-state index contributed by atoms with van der Waals surface area (Å²) in [7, 11) is 0. The van der Waals surface area contributed by atoms with Crippen LogP contribution in [0, 0.1) is 0 Å². The highest BCUT2D eigenvalue weighted by molar-refractivity contribution is 5.92. The van der Waals surface area contributed by atoms with Crippen molar-refractivity contribution in [2.75, 3.05) is 0 Å². The standard InChI is InChI=1S/C19H29N3O3/c1-7-9-14(8-2)16-11-22-10-15(18(23)25-13(5)6)17(24-12(3)4)21-19(22)20-16/h10-14H,7-9H2,1-6H3. The van der Waals surface area contributed by atoms with Gasteiger partial charge in [-0.1, -0.05) is 20.3 Å². The fourth-order valence-electron chi connectivity index (χ4n) is 2.76. The molecule has 2 rings (SSSR count). The summed E-state index contributed by atoms with van der Waals surface area (Å²) in [6, 6.07) is 0. The van der Waals surface area contributed by atoms with Gasteiger partial charge in [0.2, 0.25) is 11.7 Å². The number of carbonyl (C=O) groups excluding carboxylic acids is 1. The Morgan fingerprint density at radius 3 is 2.40 bits per heavy atom. The molecule has 0 bridgehead atoms. The van der Waals surface area contributed by atoms with Gasteiger partial charge in [0.25, 0.3) is 0 Å². The monoisotopic (exact) mass is 347 g/mol. The topological polar surface area (TPSA) is 65.7 Å². The smallest absolute Gasteiger partial charge is 0.345 e. The number of esters is 1. The van der Waals surface area contributed by atoms with Crippen molar-refractivity contribution >= 4 is 11.7 Å². The van der Waals surface area contributed by atoms with E-state index in [1.54, 1.807) is 10.6 Å². The minimum atomic E-state index is -0.434. The number of ether oxygens (including phenoxy) is 2. The van der Waals surface area contributed by atoms with Crippen molar-refractivity contribution in [3.05, 3.63) is 23.7 Å². The lowest BCUT2D eigenvalue weighted by atomic mass is 9.98. The molecule has 0 N–H and O–H groups in total. The lowest BCUT2D eigenvalue weighted by Gasteiger charge is -2.14. The van der Waals surface area contributed by atoms with Crippen molar-refractivity contribution < 1.29 is 14.3 Å². The largest absolute Gasteiger partial charge is 0.474 e. The highest BCUT2D eigenvalue weighted by Crippen LogP contribution is 2.26. The maximum atomic E-state index is 12.4. The summed E-state index contributed by atoms with van der Waals surface area (Å²) in [5, 5.41) is 0. The molecule has 25 heavy (non-hydrogen) atoms. The van der Waals surface area contributed by atoms with Crippen molar-refractivity contribution in [2.24, 2.45) is 0 Å². The van der Waals surface area contributed by atoms with E-state index >= 15 is 0 Å². The molecule has 0 saturated carbocycles. The number of hydrogen-bond donors (Lipinski definition) is 0. The molecular formula is C19H29N3O3. The van der Waals surface area contributed by atoms with Gasteiger partial charge in [0.15, 0.2) is 0 Å². The van der Waals surface area contributed by atoms with E-state index in [-0.39, 0.29) is 18.1 Å². The summed E-state index contributed by atoms with van der Waals surface area (Å²) in [6.07, 6.45) is 6.57. The third-order valence-electron chi connectivity index (χ3n) is 3.89. The zero-order valence-corrected chi connectivity index (χ0v) is 16.1. The zero-order chi connectivity index (χ0) is 18.6. The Kier molecular flexibility index (Phi) is 6.39. The summed E-state index contributed by atoms with van der Waals surface area (Å²) in [4.78, 5) is 21.5. The van der Waals surface area contributed by atoms with Crippen LogP contribution in [0.5, 0.6) is 5.88 Å². The third-order valence-corrected chi connectivity index (χ3v) is 3.89. The molecule has 0 saturated heterocycles. The van der Waals surface area contributed by atoms with Crippen LogP contribution in [-0.2, 0) is 4.74 Å². The zero-order valence-electron chi connectivity index (χ0n) is 16.1. The molecule has 0 amide bonds. The predicted molar refractivity (Wildman–Crippen MR) is 97.2 cm³/mol. The van der Waals surface area contributed by atoms with Gasteiger partial charge in [-0.2, -0.15) is 4.98 Å². The van der Waals surface area contributed by atoms with Gasteiger partial charge in [0, 0.05) is 18.3 Å². The Balaban J connectivity index is 2.48. The fraction of sp³-hybridized carbons (Fsp3) is 0.632. The molecule has 2 aromatic heterocycles. The predicted octanol–water partition coefficient (Wildman–Crippen LogP) is 4.38. The third kappa shape index (κ3) is 4.71. The van der Waals surface area contributed by atoms with Crippen molar-refractivity contribution in [3.63, 3.8) is 0 Å². The number of rotatable bonds is 8. The van der Waals surface area contributed by atoms with Crippen LogP contribution in [0.1, 0.15) is 82.8 Å². The minimum absolute atomic E-state index is 0.0986. The molecule has 1 atom stereocenters. The first-order valence-electron chi connectivity index (χ1n) is 9.12. The Hall–Kier alpha value is -2.11. The van der Waals surface area contributed by atoms with Crippen LogP contribution in [0.2, 0.25) is 0 Å². The van der Waals surface area contributed by atoms with E-state index in [2.05, 4.69) is 23.8 Å². The minimum Gasteiger partial charge on any atom is -0.474 e. The highest BCUT2D eigenvalue weighted by Gasteiger charge is 2.21. The van der Waals surface area contributed by atoms with Gasteiger partial charge < -0.3 is 9.47 Å². The lowest BCUT2D eigenvalue weighted by Crippen LogP contribution is -2.17. The van der Waals surface area contributed by atoms with Crippen molar-refractivity contribution in [3.8, 4) is 5.88 Å². The summed E-state index contributed by atoms with van der Waals surface area (Å²) < 4.78 is 12.9. The molecule has 0 fully saturated rings. The second-order valence-corrected chi connectivity index (χ2v) is 6.85. The molecule has 0 aliphatic heterocycles. The fourth-order valence-corrected chi connectivity index (χ4v) is 2.76. The van der Waals surface area contributed by atoms with Crippen LogP contribution in [0.4, 0.5) is 0 Å². The van der Waals surface area contributed by atoms with Crippen molar-refractivity contribution in [2.45, 2.75) is 78.9 Å². The summed E-state index contributed by atoms with van der Waals surface area (Å²) in [6.45, 7) is 11.8. The van der Waals surface area contributed by atoms with E-state index in [1.165, 1.54) is 0 Å². The SMILES string of the molecule is CCCC(CC)c1cn2cc(C(=O)OC(C)C)c(OC(C)C)nc2n1. The van der Waals surface area contributed by atoms with E-state index in [4.69, 9.17) is 9.47 Å². The van der Waals surface area contributed by atoms with Crippen LogP contribution in [0.25, 0.3) is 5.78 Å². The van der Waals surface area contributed by atoms with Gasteiger partial charge in [-0.25, -0.2) is 9.78 Å². The van der Waals surface area contributed by atoms with E-state index in [1.807, 2.05) is 33.9 Å². The van der Waals surface area contributed by atoms with Crippen LogP contribution in [-0.4, -0.2) is 32.5 Å². The van der Waals surface area contributed by atoms with Gasteiger partial charge in [-0.05, 0) is 40.5 Å². The maximum Gasteiger partial charge on any atom is 0.345 e. The molecule has 2 aromatic rings. The van der Waals surface area contributed by atoms with E-state index < -0.39 is 5.97 Å². The number of carbonyl (C=O) groups is 1. The number of nitrogens with zero attached hydrogens (tertiary/aromatic N) is 3. The Morgan fingerprint density at radius 1 is 1.12 bits per heavy atom. The van der Waals surface area contributed by atoms with Gasteiger partial charge in [0.05, 0.1) is 17.9 Å². The molecule has 0 aliphatic rings. The molecule has 0 radical (unpaired) electrons. The van der Waals surface area contributed by atoms with E-state index in [0.717, 1.165) is 25.0 Å². The van der Waals surface area contributed by atoms with Gasteiger partial charge in [-0.15, -0.1) is 0 Å². The van der Waals surface area contributed by atoms with Crippen LogP contribution in [0.15, 0.2) is 12.4 Å². The lowest BCUT2D eigenvalue weighted by molar-refractivity contribution is 0.0370. The molecule has 2 heterocycles. The molecule has 6 nitrogen and oxygen atoms in total. The molecule has 0 aromatic carbocycles. The second-order valence-electron chi connectivity index (χ2n) is 6.85. The second kappa shape index (κ2) is 8.32. The van der Waals surface area contributed by atoms with Gasteiger partial charge >= 0.3 is 5.97 Å². The highest BCUT2D eigenvalue weighted by atomic mass is 16.5. The quantitative estimate of drug-likeness (QED) is 0.663. The van der Waals surface area contributed by atoms with E-state index in [9.17, 15) is 4.79 Å². The van der Waals surface area contributed by atoms with E-state index in [0.29, 0.717) is 17.3 Å². The summed E-state index contributed by atoms with van der Waals surface area (Å²) in [5.74, 6) is 0.776. The Morgan fingerprint density at radius 2 is 1.84 bits per heavy atom. The van der Waals surface area contributed by atoms with Crippen molar-refractivity contribution in [1.82, 2.24) is 14.4 Å².